The Balaban J connectivity index is 1.93. The lowest BCUT2D eigenvalue weighted by molar-refractivity contribution is -0.141. The molecule has 1 amide bonds. The van der Waals surface area contributed by atoms with Gasteiger partial charge in [-0.2, -0.15) is 0 Å². The lowest BCUT2D eigenvalue weighted by Gasteiger charge is -2.35. The van der Waals surface area contributed by atoms with Crippen LogP contribution in [0.25, 0.3) is 5.76 Å². The van der Waals surface area contributed by atoms with Gasteiger partial charge in [-0.25, -0.2) is 0 Å². The molecule has 0 radical (unpaired) electrons. The van der Waals surface area contributed by atoms with Crippen LogP contribution in [0.1, 0.15) is 75.6 Å². The van der Waals surface area contributed by atoms with Crippen LogP contribution >= 0.6 is 0 Å². The first-order valence-electron chi connectivity index (χ1n) is 11.9. The molecule has 1 saturated carbocycles. The molecule has 1 heterocycles. The number of hydrogen-bond donors (Lipinski definition) is 2. The number of phenolic OH excluding ortho intramolecular Hbond substituents is 1. The Kier molecular flexibility index (Phi) is 6.43. The van der Waals surface area contributed by atoms with E-state index in [2.05, 4.69) is 20.8 Å². The van der Waals surface area contributed by atoms with Crippen LogP contribution in [0, 0.1) is 0 Å². The van der Waals surface area contributed by atoms with Gasteiger partial charge in [0.2, 0.25) is 0 Å². The minimum Gasteiger partial charge on any atom is -0.508 e. The summed E-state index contributed by atoms with van der Waals surface area (Å²) in [7, 11) is 1.51. The molecule has 1 aliphatic carbocycles. The van der Waals surface area contributed by atoms with Crippen LogP contribution in [0.4, 0.5) is 0 Å². The van der Waals surface area contributed by atoms with E-state index >= 15 is 0 Å². The first-order valence-corrected chi connectivity index (χ1v) is 11.9. The van der Waals surface area contributed by atoms with Gasteiger partial charge in [0.25, 0.3) is 11.7 Å². The third-order valence-corrected chi connectivity index (χ3v) is 6.98. The van der Waals surface area contributed by atoms with E-state index in [0.29, 0.717) is 16.9 Å². The number of phenols is 1. The lowest BCUT2D eigenvalue weighted by atomic mass is 9.85. The van der Waals surface area contributed by atoms with Gasteiger partial charge in [-0.1, -0.05) is 58.2 Å². The number of aliphatic hydroxyl groups excluding tert-OH is 1. The Hall–Kier alpha value is -3.28. The molecule has 0 spiro atoms. The Morgan fingerprint density at radius 3 is 2.24 bits per heavy atom. The molecule has 6 heteroatoms. The summed E-state index contributed by atoms with van der Waals surface area (Å²) in [6, 6.07) is 11.2. The smallest absolute Gasteiger partial charge is 0.295 e. The number of hydrogen-bond acceptors (Lipinski definition) is 5. The van der Waals surface area contributed by atoms with E-state index in [-0.39, 0.29) is 28.5 Å². The second-order valence-corrected chi connectivity index (χ2v) is 10.3. The monoisotopic (exact) mass is 463 g/mol. The highest BCUT2D eigenvalue weighted by molar-refractivity contribution is 6.46. The molecule has 2 aliphatic rings. The fourth-order valence-electron chi connectivity index (χ4n) is 5.07. The highest BCUT2D eigenvalue weighted by atomic mass is 16.5. The van der Waals surface area contributed by atoms with Gasteiger partial charge in [0, 0.05) is 6.04 Å². The van der Waals surface area contributed by atoms with Crippen molar-refractivity contribution in [3.05, 3.63) is 64.7 Å². The molecule has 34 heavy (non-hydrogen) atoms. The van der Waals surface area contributed by atoms with Gasteiger partial charge in [-0.3, -0.25) is 9.59 Å². The standard InChI is InChI=1S/C28H33NO5/c1-28(2,3)18-12-15-22(34-4)21(16-18)25(31)23-24(17-10-13-20(30)14-11-17)29(27(33)26(23)32)19-8-6-5-7-9-19/h10-16,19,24,30-31H,5-9H2,1-4H3/b25-23+. The number of rotatable bonds is 4. The summed E-state index contributed by atoms with van der Waals surface area (Å²) in [6.45, 7) is 6.20. The van der Waals surface area contributed by atoms with Crippen molar-refractivity contribution in [3.8, 4) is 11.5 Å². The summed E-state index contributed by atoms with van der Waals surface area (Å²) in [5.74, 6) is -0.990. The van der Waals surface area contributed by atoms with Crippen molar-refractivity contribution < 1.29 is 24.5 Å². The van der Waals surface area contributed by atoms with E-state index in [4.69, 9.17) is 4.74 Å². The van der Waals surface area contributed by atoms with Gasteiger partial charge in [0.05, 0.1) is 24.3 Å². The third-order valence-electron chi connectivity index (χ3n) is 6.98. The number of amides is 1. The molecule has 2 fully saturated rings. The normalized spacial score (nSPS) is 21.2. The zero-order chi connectivity index (χ0) is 24.6. The van der Waals surface area contributed by atoms with Gasteiger partial charge in [0.15, 0.2) is 0 Å². The van der Waals surface area contributed by atoms with Gasteiger partial charge < -0.3 is 19.8 Å². The average molecular weight is 464 g/mol. The van der Waals surface area contributed by atoms with E-state index in [1.807, 2.05) is 12.1 Å². The molecule has 1 atom stereocenters. The number of benzene rings is 2. The molecular weight excluding hydrogens is 430 g/mol. The summed E-state index contributed by atoms with van der Waals surface area (Å²) >= 11 is 0. The molecule has 1 unspecified atom stereocenters. The lowest BCUT2D eigenvalue weighted by Crippen LogP contribution is -2.40. The molecule has 1 saturated heterocycles. The predicted octanol–water partition coefficient (Wildman–Crippen LogP) is 5.45. The van der Waals surface area contributed by atoms with Crippen molar-refractivity contribution in [3.63, 3.8) is 0 Å². The Labute approximate surface area is 200 Å². The number of Topliss-reactive ketones (excluding diaryl/α,β-unsaturated/α-hetero) is 1. The molecule has 2 N–H and O–H groups in total. The zero-order valence-corrected chi connectivity index (χ0v) is 20.3. The second kappa shape index (κ2) is 9.16. The third kappa shape index (κ3) is 4.29. The molecule has 4 rings (SSSR count). The molecule has 0 aromatic heterocycles. The van der Waals surface area contributed by atoms with Crippen LogP contribution in [0.5, 0.6) is 11.5 Å². The fraction of sp³-hybridized carbons (Fsp3) is 0.429. The summed E-state index contributed by atoms with van der Waals surface area (Å²) in [6.07, 6.45) is 4.75. The van der Waals surface area contributed by atoms with Gasteiger partial charge >= 0.3 is 0 Å². The van der Waals surface area contributed by atoms with Crippen LogP contribution < -0.4 is 4.74 Å². The molecule has 2 aromatic carbocycles. The molecular formula is C28H33NO5. The highest BCUT2D eigenvalue weighted by Crippen LogP contribution is 2.44. The van der Waals surface area contributed by atoms with Gasteiger partial charge in [-0.15, -0.1) is 0 Å². The molecule has 6 nitrogen and oxygen atoms in total. The largest absolute Gasteiger partial charge is 0.508 e. The van der Waals surface area contributed by atoms with Crippen LogP contribution in [0.15, 0.2) is 48.0 Å². The van der Waals surface area contributed by atoms with Crippen LogP contribution in [0.2, 0.25) is 0 Å². The highest BCUT2D eigenvalue weighted by Gasteiger charge is 2.49. The first kappa shape index (κ1) is 23.9. The van der Waals surface area contributed by atoms with Crippen molar-refractivity contribution in [1.82, 2.24) is 4.90 Å². The quantitative estimate of drug-likeness (QED) is 0.358. The number of carbonyl (C=O) groups excluding carboxylic acids is 2. The molecule has 2 aromatic rings. The fourth-order valence-corrected chi connectivity index (χ4v) is 5.07. The van der Waals surface area contributed by atoms with Crippen molar-refractivity contribution >= 4 is 17.4 Å². The van der Waals surface area contributed by atoms with Crippen LogP contribution in [-0.4, -0.2) is 40.0 Å². The molecule has 180 valence electrons. The number of likely N-dealkylation sites (tertiary alicyclic amines) is 1. The summed E-state index contributed by atoms with van der Waals surface area (Å²) in [5.41, 5.74) is 1.91. The molecule has 1 aliphatic heterocycles. The second-order valence-electron chi connectivity index (χ2n) is 10.3. The van der Waals surface area contributed by atoms with Crippen molar-refractivity contribution in [2.45, 2.75) is 70.4 Å². The van der Waals surface area contributed by atoms with Crippen molar-refractivity contribution in [2.24, 2.45) is 0 Å². The Morgan fingerprint density at radius 2 is 1.65 bits per heavy atom. The topological polar surface area (TPSA) is 87.1 Å². The van der Waals surface area contributed by atoms with Crippen LogP contribution in [0.3, 0.4) is 0 Å². The van der Waals surface area contributed by atoms with E-state index in [9.17, 15) is 19.8 Å². The minimum absolute atomic E-state index is 0.0608. The number of carbonyl (C=O) groups is 2. The van der Waals surface area contributed by atoms with E-state index in [0.717, 1.165) is 37.7 Å². The van der Waals surface area contributed by atoms with Crippen molar-refractivity contribution in [2.75, 3.05) is 7.11 Å². The minimum atomic E-state index is -0.730. The maximum Gasteiger partial charge on any atom is 0.295 e. The van der Waals surface area contributed by atoms with Gasteiger partial charge in [0.1, 0.15) is 17.3 Å². The van der Waals surface area contributed by atoms with E-state index < -0.39 is 17.7 Å². The molecule has 0 bridgehead atoms. The Morgan fingerprint density at radius 1 is 1.00 bits per heavy atom. The first-order chi connectivity index (χ1) is 16.1. The predicted molar refractivity (Wildman–Crippen MR) is 131 cm³/mol. The maximum absolute atomic E-state index is 13.4. The van der Waals surface area contributed by atoms with Gasteiger partial charge in [-0.05, 0) is 53.6 Å². The number of aliphatic hydroxyl groups is 1. The maximum atomic E-state index is 13.4. The summed E-state index contributed by atoms with van der Waals surface area (Å²) < 4.78 is 5.52. The number of ketones is 1. The van der Waals surface area contributed by atoms with Crippen molar-refractivity contribution in [1.29, 1.82) is 0 Å². The summed E-state index contributed by atoms with van der Waals surface area (Å²) in [5, 5.41) is 21.4. The van der Waals surface area contributed by atoms with Crippen LogP contribution in [-0.2, 0) is 15.0 Å². The number of nitrogens with zero attached hydrogens (tertiary/aromatic N) is 1. The Bertz CT molecular complexity index is 1120. The SMILES string of the molecule is COc1ccc(C(C)(C)C)cc1/C(O)=C1\C(=O)C(=O)N(C2CCCCC2)C1c1ccc(O)cc1. The van der Waals surface area contributed by atoms with E-state index in [1.54, 1.807) is 23.1 Å². The number of methoxy groups -OCH3 is 1. The summed E-state index contributed by atoms with van der Waals surface area (Å²) in [4.78, 5) is 28.4. The zero-order valence-electron chi connectivity index (χ0n) is 20.3. The number of ether oxygens (including phenoxy) is 1. The number of aromatic hydroxyl groups is 1. The average Bonchev–Trinajstić information content (AvgIpc) is 3.09. The van der Waals surface area contributed by atoms with E-state index in [1.165, 1.54) is 19.2 Å².